The number of aliphatic carboxylic acids is 1. The van der Waals surface area contributed by atoms with Crippen LogP contribution in [0.3, 0.4) is 0 Å². The normalized spacial score (nSPS) is 19.5. The number of thiophene rings is 1. The van der Waals surface area contributed by atoms with Crippen LogP contribution in [0.2, 0.25) is 0 Å². The lowest BCUT2D eigenvalue weighted by Gasteiger charge is -2.41. The van der Waals surface area contributed by atoms with Gasteiger partial charge in [-0.2, -0.15) is 0 Å². The monoisotopic (exact) mass is 737 g/mol. The van der Waals surface area contributed by atoms with E-state index in [1.807, 2.05) is 59.1 Å². The highest BCUT2D eigenvalue weighted by atomic mass is 32.1. The lowest BCUT2D eigenvalue weighted by molar-refractivity contribution is -0.148. The van der Waals surface area contributed by atoms with Crippen LogP contribution in [0, 0.1) is 23.7 Å². The van der Waals surface area contributed by atoms with Crippen molar-refractivity contribution in [2.75, 3.05) is 34.9 Å². The zero-order valence-corrected chi connectivity index (χ0v) is 33.2. The van der Waals surface area contributed by atoms with E-state index < -0.39 is 60.2 Å². The average Bonchev–Trinajstić information content (AvgIpc) is 3.79. The molecule has 0 radical (unpaired) electrons. The molecule has 0 aromatic carbocycles. The van der Waals surface area contributed by atoms with Gasteiger partial charge in [-0.15, -0.1) is 11.3 Å². The Morgan fingerprint density at radius 2 is 1.65 bits per heavy atom. The van der Waals surface area contributed by atoms with Gasteiger partial charge in [0.15, 0.2) is 0 Å². The molecule has 2 rings (SSSR count). The first-order chi connectivity index (χ1) is 24.0. The molecule has 290 valence electrons. The van der Waals surface area contributed by atoms with Gasteiger partial charge in [-0.25, -0.2) is 4.79 Å². The maximum atomic E-state index is 14.1. The fraction of sp³-hybridized carbons (Fsp3) is 0.757. The number of hydrogen-bond acceptors (Lipinski definition) is 9. The number of amides is 4. The Bertz CT molecular complexity index is 1280. The van der Waals surface area contributed by atoms with Crippen LogP contribution < -0.4 is 16.0 Å². The lowest BCUT2D eigenvalue weighted by Crippen LogP contribution is -2.59. The molecule has 0 spiro atoms. The SMILES string of the molecule is CC[C@H](C)[C@H]([C@@H](CC(=O)N1CCC[C@H]1[C@H](OC)[C@@H](C)C(=O)N[C@@H](Cc1cccs1)C(=O)O)OC)N(C)C(=O)[C@@H](NC(=O)[C@@H](NC)C(C)C)C(C)C. The van der Waals surface area contributed by atoms with Crippen LogP contribution in [0.1, 0.15) is 79.0 Å². The van der Waals surface area contributed by atoms with Crippen LogP contribution in [0.25, 0.3) is 0 Å². The Labute approximate surface area is 308 Å². The number of ether oxygens (including phenoxy) is 2. The molecule has 1 aliphatic heterocycles. The van der Waals surface area contributed by atoms with Crippen molar-refractivity contribution in [3.8, 4) is 0 Å². The third kappa shape index (κ3) is 11.7. The van der Waals surface area contributed by atoms with Crippen LogP contribution >= 0.6 is 11.3 Å². The van der Waals surface area contributed by atoms with E-state index in [1.54, 1.807) is 30.8 Å². The van der Waals surface area contributed by atoms with Gasteiger partial charge in [0.1, 0.15) is 12.1 Å². The summed E-state index contributed by atoms with van der Waals surface area (Å²) >= 11 is 1.43. The molecule has 4 amide bonds. The standard InChI is InChI=1S/C37H63N5O8S/c1-12-23(6)32(41(9)36(46)31(22(4)5)40-35(45)30(38-8)21(2)3)28(49-10)20-29(43)42-17-13-16-27(42)33(50-11)24(7)34(44)39-26(37(47)48)19-25-15-14-18-51-25/h14-15,18,21-24,26-28,30-33,38H,12-13,16-17,19-20H2,1-11H3,(H,39,44)(H,40,45)(H,47,48)/t23-,24+,26-,27-,28+,30-,31-,32+,33+/m0/s1. The number of rotatable bonds is 21. The van der Waals surface area contributed by atoms with E-state index in [1.165, 1.54) is 25.6 Å². The van der Waals surface area contributed by atoms with Gasteiger partial charge in [0, 0.05) is 39.1 Å². The molecule has 1 aromatic heterocycles. The number of likely N-dealkylation sites (tertiary alicyclic amines) is 1. The van der Waals surface area contributed by atoms with Crippen molar-refractivity contribution in [3.05, 3.63) is 22.4 Å². The second-order valence-corrected chi connectivity index (χ2v) is 15.5. The van der Waals surface area contributed by atoms with Crippen LogP contribution in [0.5, 0.6) is 0 Å². The van der Waals surface area contributed by atoms with Crippen molar-refractivity contribution in [2.45, 2.75) is 123 Å². The van der Waals surface area contributed by atoms with Crippen molar-refractivity contribution in [2.24, 2.45) is 23.7 Å². The lowest BCUT2D eigenvalue weighted by atomic mass is 9.89. The molecule has 0 aliphatic carbocycles. The Morgan fingerprint density at radius 1 is 1.00 bits per heavy atom. The van der Waals surface area contributed by atoms with Crippen molar-refractivity contribution in [3.63, 3.8) is 0 Å². The molecular formula is C37H63N5O8S. The molecule has 9 atom stereocenters. The number of likely N-dealkylation sites (N-methyl/N-ethyl adjacent to an activating group) is 2. The van der Waals surface area contributed by atoms with E-state index in [0.717, 1.165) is 11.3 Å². The number of carboxylic acids is 1. The van der Waals surface area contributed by atoms with Crippen molar-refractivity contribution >= 4 is 40.9 Å². The number of hydrogen-bond donors (Lipinski definition) is 4. The summed E-state index contributed by atoms with van der Waals surface area (Å²) in [5.41, 5.74) is 0. The topological polar surface area (TPSA) is 167 Å². The van der Waals surface area contributed by atoms with Crippen LogP contribution in [-0.2, 0) is 39.9 Å². The molecule has 1 aromatic rings. The number of nitrogens with zero attached hydrogens (tertiary/aromatic N) is 2. The van der Waals surface area contributed by atoms with E-state index in [0.29, 0.717) is 19.4 Å². The number of carbonyl (C=O) groups excluding carboxylic acids is 4. The fourth-order valence-corrected chi connectivity index (χ4v) is 7.93. The predicted octanol–water partition coefficient (Wildman–Crippen LogP) is 3.17. The number of carboxylic acid groups (broad SMARTS) is 1. The molecule has 4 N–H and O–H groups in total. The van der Waals surface area contributed by atoms with Gasteiger partial charge in [-0.1, -0.05) is 61.0 Å². The first-order valence-electron chi connectivity index (χ1n) is 18.2. The average molecular weight is 738 g/mol. The Morgan fingerprint density at radius 3 is 2.14 bits per heavy atom. The first kappa shape index (κ1) is 44.1. The Balaban J connectivity index is 2.26. The summed E-state index contributed by atoms with van der Waals surface area (Å²) in [4.78, 5) is 71.0. The number of carbonyl (C=O) groups is 5. The zero-order valence-electron chi connectivity index (χ0n) is 32.4. The van der Waals surface area contributed by atoms with Gasteiger partial charge in [-0.3, -0.25) is 19.2 Å². The molecule has 14 heteroatoms. The maximum absolute atomic E-state index is 14.1. The molecule has 1 aliphatic rings. The molecule has 51 heavy (non-hydrogen) atoms. The molecule has 0 bridgehead atoms. The molecule has 1 fully saturated rings. The second kappa shape index (κ2) is 20.8. The highest BCUT2D eigenvalue weighted by molar-refractivity contribution is 7.09. The quantitative estimate of drug-likeness (QED) is 0.148. The predicted molar refractivity (Wildman–Crippen MR) is 198 cm³/mol. The van der Waals surface area contributed by atoms with E-state index in [9.17, 15) is 29.1 Å². The highest BCUT2D eigenvalue weighted by Gasteiger charge is 2.43. The van der Waals surface area contributed by atoms with E-state index in [-0.39, 0.29) is 48.3 Å². The minimum absolute atomic E-state index is 0.00752. The number of methoxy groups -OCH3 is 2. The van der Waals surface area contributed by atoms with Gasteiger partial charge >= 0.3 is 5.97 Å². The van der Waals surface area contributed by atoms with E-state index in [4.69, 9.17) is 9.47 Å². The Hall–Kier alpha value is -3.07. The first-order valence-corrected chi connectivity index (χ1v) is 19.1. The summed E-state index contributed by atoms with van der Waals surface area (Å²) in [6.07, 6.45) is 0.886. The molecule has 0 saturated carbocycles. The van der Waals surface area contributed by atoms with Crippen LogP contribution in [0.15, 0.2) is 17.5 Å². The summed E-state index contributed by atoms with van der Waals surface area (Å²) in [6.45, 7) is 13.9. The molecule has 13 nitrogen and oxygen atoms in total. The van der Waals surface area contributed by atoms with Crippen molar-refractivity contribution in [1.82, 2.24) is 25.8 Å². The van der Waals surface area contributed by atoms with Gasteiger partial charge < -0.3 is 40.3 Å². The smallest absolute Gasteiger partial charge is 0.326 e. The zero-order chi connectivity index (χ0) is 38.6. The maximum Gasteiger partial charge on any atom is 0.326 e. The van der Waals surface area contributed by atoms with Crippen LogP contribution in [0.4, 0.5) is 0 Å². The summed E-state index contributed by atoms with van der Waals surface area (Å²) < 4.78 is 11.8. The highest BCUT2D eigenvalue weighted by Crippen LogP contribution is 2.30. The second-order valence-electron chi connectivity index (χ2n) is 14.5. The van der Waals surface area contributed by atoms with Crippen molar-refractivity contribution < 1.29 is 38.6 Å². The largest absolute Gasteiger partial charge is 0.480 e. The van der Waals surface area contributed by atoms with Gasteiger partial charge in [0.25, 0.3) is 0 Å². The molecule has 1 saturated heterocycles. The summed E-state index contributed by atoms with van der Waals surface area (Å²) in [6, 6.07) is 0.450. The number of nitrogens with one attached hydrogen (secondary N) is 3. The summed E-state index contributed by atoms with van der Waals surface area (Å²) in [5.74, 6) is -3.22. The van der Waals surface area contributed by atoms with Gasteiger partial charge in [0.05, 0.1) is 42.7 Å². The minimum atomic E-state index is -1.12. The van der Waals surface area contributed by atoms with Gasteiger partial charge in [-0.05, 0) is 49.1 Å². The fourth-order valence-electron chi connectivity index (χ4n) is 7.18. The third-order valence-electron chi connectivity index (χ3n) is 10.3. The van der Waals surface area contributed by atoms with E-state index in [2.05, 4.69) is 16.0 Å². The minimum Gasteiger partial charge on any atom is -0.480 e. The Kier molecular flexibility index (Phi) is 18.0. The molecule has 2 heterocycles. The van der Waals surface area contributed by atoms with Gasteiger partial charge in [0.2, 0.25) is 23.6 Å². The summed E-state index contributed by atoms with van der Waals surface area (Å²) in [5, 5.41) is 20.3. The van der Waals surface area contributed by atoms with Crippen molar-refractivity contribution in [1.29, 1.82) is 0 Å². The third-order valence-corrected chi connectivity index (χ3v) is 11.2. The molecular weight excluding hydrogens is 675 g/mol. The van der Waals surface area contributed by atoms with E-state index >= 15 is 0 Å². The summed E-state index contributed by atoms with van der Waals surface area (Å²) in [7, 11) is 6.46. The van der Waals surface area contributed by atoms with Crippen LogP contribution in [-0.4, -0.2) is 122 Å². The molecule has 0 unspecified atom stereocenters.